The van der Waals surface area contributed by atoms with Crippen molar-refractivity contribution >= 4 is 0 Å². The lowest BCUT2D eigenvalue weighted by Gasteiger charge is -2.13. The van der Waals surface area contributed by atoms with Crippen LogP contribution in [0.1, 0.15) is 43.7 Å². The van der Waals surface area contributed by atoms with Gasteiger partial charge in [-0.15, -0.1) is 0 Å². The molecule has 0 aromatic heterocycles. The number of aliphatic hydroxyl groups excluding tert-OH is 1. The Balaban J connectivity index is 1.79. The summed E-state index contributed by atoms with van der Waals surface area (Å²) in [5.74, 6) is 0.598. The first kappa shape index (κ1) is 12.6. The normalized spacial score (nSPS) is 17.4. The summed E-state index contributed by atoms with van der Waals surface area (Å²) in [7, 11) is 0. The van der Waals surface area contributed by atoms with E-state index in [1.165, 1.54) is 24.0 Å². The van der Waals surface area contributed by atoms with Crippen LogP contribution in [-0.4, -0.2) is 18.3 Å². The van der Waals surface area contributed by atoms with Crippen molar-refractivity contribution in [2.45, 2.75) is 39.2 Å². The van der Waals surface area contributed by atoms with Gasteiger partial charge < -0.3 is 10.4 Å². The molecule has 1 aromatic rings. The van der Waals surface area contributed by atoms with E-state index in [1.807, 2.05) is 0 Å². The van der Waals surface area contributed by atoms with E-state index in [-0.39, 0.29) is 5.41 Å². The minimum absolute atomic E-state index is 0.206. The van der Waals surface area contributed by atoms with Crippen LogP contribution in [0.3, 0.4) is 0 Å². The van der Waals surface area contributed by atoms with Gasteiger partial charge in [0.2, 0.25) is 0 Å². The molecular formula is C15H23NO. The quantitative estimate of drug-likeness (QED) is 0.791. The molecule has 1 fully saturated rings. The largest absolute Gasteiger partial charge is 0.396 e. The van der Waals surface area contributed by atoms with Crippen molar-refractivity contribution in [2.75, 3.05) is 13.2 Å². The highest BCUT2D eigenvalue weighted by Crippen LogP contribution is 2.44. The standard InChI is InChI=1S/C15H23NO/c1-12(2)14-5-3-13(4-6-14)9-16-10-15(11-17)7-8-15/h3-6,12,16-17H,7-11H2,1-2H3. The van der Waals surface area contributed by atoms with E-state index in [9.17, 15) is 5.11 Å². The summed E-state index contributed by atoms with van der Waals surface area (Å²) in [4.78, 5) is 0. The zero-order chi connectivity index (χ0) is 12.3. The summed E-state index contributed by atoms with van der Waals surface area (Å²) in [6, 6.07) is 8.81. The average molecular weight is 233 g/mol. The predicted molar refractivity (Wildman–Crippen MR) is 71.0 cm³/mol. The summed E-state index contributed by atoms with van der Waals surface area (Å²) in [5.41, 5.74) is 2.92. The van der Waals surface area contributed by atoms with E-state index in [1.54, 1.807) is 0 Å². The Morgan fingerprint density at radius 3 is 2.35 bits per heavy atom. The summed E-state index contributed by atoms with van der Waals surface area (Å²) < 4.78 is 0. The lowest BCUT2D eigenvalue weighted by Crippen LogP contribution is -2.26. The van der Waals surface area contributed by atoms with Crippen LogP contribution in [0, 0.1) is 5.41 Å². The topological polar surface area (TPSA) is 32.3 Å². The molecule has 0 bridgehead atoms. The highest BCUT2D eigenvalue weighted by atomic mass is 16.3. The number of benzene rings is 1. The number of hydrogen-bond acceptors (Lipinski definition) is 2. The smallest absolute Gasteiger partial charge is 0.0499 e. The van der Waals surface area contributed by atoms with Crippen molar-refractivity contribution in [3.05, 3.63) is 35.4 Å². The van der Waals surface area contributed by atoms with Crippen molar-refractivity contribution in [3.8, 4) is 0 Å². The molecule has 94 valence electrons. The van der Waals surface area contributed by atoms with Gasteiger partial charge in [0, 0.05) is 25.1 Å². The molecule has 1 aromatic carbocycles. The summed E-state index contributed by atoms with van der Waals surface area (Å²) in [5, 5.41) is 12.7. The van der Waals surface area contributed by atoms with Crippen LogP contribution in [0.4, 0.5) is 0 Å². The Bertz CT molecular complexity index is 352. The molecule has 0 unspecified atom stereocenters. The van der Waals surface area contributed by atoms with Gasteiger partial charge in [0.05, 0.1) is 0 Å². The van der Waals surface area contributed by atoms with Crippen LogP contribution in [-0.2, 0) is 6.54 Å². The van der Waals surface area contributed by atoms with Gasteiger partial charge in [-0.3, -0.25) is 0 Å². The molecular weight excluding hydrogens is 210 g/mol. The van der Waals surface area contributed by atoms with Crippen molar-refractivity contribution in [1.29, 1.82) is 0 Å². The Morgan fingerprint density at radius 2 is 1.88 bits per heavy atom. The summed E-state index contributed by atoms with van der Waals surface area (Å²) in [6.45, 7) is 6.60. The van der Waals surface area contributed by atoms with E-state index in [0.29, 0.717) is 12.5 Å². The van der Waals surface area contributed by atoms with Crippen LogP contribution in [0.2, 0.25) is 0 Å². The van der Waals surface area contributed by atoms with Gasteiger partial charge in [0.1, 0.15) is 0 Å². The molecule has 0 atom stereocenters. The minimum atomic E-state index is 0.206. The molecule has 1 aliphatic rings. The second-order valence-electron chi connectivity index (χ2n) is 5.66. The SMILES string of the molecule is CC(C)c1ccc(CNCC2(CO)CC2)cc1. The van der Waals surface area contributed by atoms with Crippen molar-refractivity contribution in [3.63, 3.8) is 0 Å². The Kier molecular flexibility index (Phi) is 3.85. The fourth-order valence-corrected chi connectivity index (χ4v) is 2.06. The van der Waals surface area contributed by atoms with E-state index < -0.39 is 0 Å². The number of aliphatic hydroxyl groups is 1. The van der Waals surface area contributed by atoms with Crippen molar-refractivity contribution < 1.29 is 5.11 Å². The van der Waals surface area contributed by atoms with E-state index in [2.05, 4.69) is 43.4 Å². The number of nitrogens with one attached hydrogen (secondary N) is 1. The summed E-state index contributed by atoms with van der Waals surface area (Å²) >= 11 is 0. The Labute approximate surface area is 104 Å². The van der Waals surface area contributed by atoms with Crippen LogP contribution >= 0.6 is 0 Å². The first-order chi connectivity index (χ1) is 8.15. The summed E-state index contributed by atoms with van der Waals surface area (Å²) in [6.07, 6.45) is 2.34. The highest BCUT2D eigenvalue weighted by molar-refractivity contribution is 5.24. The third kappa shape index (κ3) is 3.30. The van der Waals surface area contributed by atoms with Crippen molar-refractivity contribution in [1.82, 2.24) is 5.32 Å². The van der Waals surface area contributed by atoms with E-state index >= 15 is 0 Å². The van der Waals surface area contributed by atoms with Crippen molar-refractivity contribution in [2.24, 2.45) is 5.41 Å². The van der Waals surface area contributed by atoms with Gasteiger partial charge in [0.25, 0.3) is 0 Å². The fraction of sp³-hybridized carbons (Fsp3) is 0.600. The maximum Gasteiger partial charge on any atom is 0.0499 e. The van der Waals surface area contributed by atoms with E-state index in [0.717, 1.165) is 13.1 Å². The third-order valence-corrected chi connectivity index (χ3v) is 3.77. The van der Waals surface area contributed by atoms with Crippen LogP contribution < -0.4 is 5.32 Å². The molecule has 2 nitrogen and oxygen atoms in total. The second kappa shape index (κ2) is 5.19. The lowest BCUT2D eigenvalue weighted by molar-refractivity contribution is 0.207. The van der Waals surface area contributed by atoms with Crippen LogP contribution in [0.15, 0.2) is 24.3 Å². The average Bonchev–Trinajstić information content (AvgIpc) is 3.10. The lowest BCUT2D eigenvalue weighted by atomic mass is 10.0. The number of rotatable bonds is 6. The Hall–Kier alpha value is -0.860. The molecule has 0 saturated heterocycles. The molecule has 2 heteroatoms. The first-order valence-electron chi connectivity index (χ1n) is 6.56. The highest BCUT2D eigenvalue weighted by Gasteiger charge is 2.41. The number of hydrogen-bond donors (Lipinski definition) is 2. The minimum Gasteiger partial charge on any atom is -0.396 e. The predicted octanol–water partition coefficient (Wildman–Crippen LogP) is 2.67. The molecule has 2 N–H and O–H groups in total. The van der Waals surface area contributed by atoms with Gasteiger partial charge in [0.15, 0.2) is 0 Å². The molecule has 1 aliphatic carbocycles. The first-order valence-corrected chi connectivity index (χ1v) is 6.56. The van der Waals surface area contributed by atoms with Crippen LogP contribution in [0.25, 0.3) is 0 Å². The molecule has 0 amide bonds. The molecule has 0 heterocycles. The van der Waals surface area contributed by atoms with E-state index in [4.69, 9.17) is 0 Å². The molecule has 0 radical (unpaired) electrons. The zero-order valence-corrected chi connectivity index (χ0v) is 10.9. The van der Waals surface area contributed by atoms with Gasteiger partial charge in [-0.25, -0.2) is 0 Å². The van der Waals surface area contributed by atoms with Gasteiger partial charge in [-0.1, -0.05) is 38.1 Å². The molecule has 0 aliphatic heterocycles. The third-order valence-electron chi connectivity index (χ3n) is 3.77. The monoisotopic (exact) mass is 233 g/mol. The second-order valence-corrected chi connectivity index (χ2v) is 5.66. The molecule has 2 rings (SSSR count). The van der Waals surface area contributed by atoms with Crippen LogP contribution in [0.5, 0.6) is 0 Å². The maximum absolute atomic E-state index is 9.21. The Morgan fingerprint density at radius 1 is 1.24 bits per heavy atom. The van der Waals surface area contributed by atoms with Gasteiger partial charge in [-0.05, 0) is 29.9 Å². The molecule has 1 saturated carbocycles. The zero-order valence-electron chi connectivity index (χ0n) is 10.9. The molecule has 0 spiro atoms. The maximum atomic E-state index is 9.21. The fourth-order valence-electron chi connectivity index (χ4n) is 2.06. The van der Waals surface area contributed by atoms with Gasteiger partial charge >= 0.3 is 0 Å². The van der Waals surface area contributed by atoms with Gasteiger partial charge in [-0.2, -0.15) is 0 Å². The molecule has 17 heavy (non-hydrogen) atoms.